The first-order chi connectivity index (χ1) is 11.3. The Hall–Kier alpha value is 0. The number of hydrogen-bond acceptors (Lipinski definition) is 0. The predicted octanol–water partition coefficient (Wildman–Crippen LogP) is 7.08. The van der Waals surface area contributed by atoms with Crippen molar-refractivity contribution in [1.29, 1.82) is 0 Å². The van der Waals surface area contributed by atoms with Gasteiger partial charge in [0.05, 0.1) is 0 Å². The van der Waals surface area contributed by atoms with Crippen molar-refractivity contribution in [3.63, 3.8) is 0 Å². The molecule has 132 valence electrons. The van der Waals surface area contributed by atoms with Crippen LogP contribution in [0.3, 0.4) is 0 Å². The summed E-state index contributed by atoms with van der Waals surface area (Å²) in [6, 6.07) is 0. The average Bonchev–Trinajstić information content (AvgIpc) is 2.61. The summed E-state index contributed by atoms with van der Waals surface area (Å²) in [5.74, 6) is 8.99. The van der Waals surface area contributed by atoms with Crippen LogP contribution in [0, 0.1) is 47.3 Å². The number of hydrogen-bond donors (Lipinski definition) is 0. The summed E-state index contributed by atoms with van der Waals surface area (Å²) in [6.45, 7) is 4.86. The Morgan fingerprint density at radius 3 is 1.09 bits per heavy atom. The molecule has 0 aromatic carbocycles. The number of rotatable bonds is 6. The summed E-state index contributed by atoms with van der Waals surface area (Å²) in [5, 5.41) is 0. The molecule has 0 amide bonds. The van der Waals surface area contributed by atoms with Crippen LogP contribution in [-0.2, 0) is 0 Å². The molecule has 6 rings (SSSR count). The zero-order valence-corrected chi connectivity index (χ0v) is 15.8. The highest BCUT2D eigenvalue weighted by molar-refractivity contribution is 4.98. The summed E-state index contributed by atoms with van der Waals surface area (Å²) >= 11 is 0. The van der Waals surface area contributed by atoms with Crippen LogP contribution in [0.2, 0.25) is 0 Å². The molecule has 0 heteroatoms. The highest BCUT2D eigenvalue weighted by atomic mass is 14.5. The van der Waals surface area contributed by atoms with E-state index in [0.29, 0.717) is 0 Å². The van der Waals surface area contributed by atoms with E-state index in [0.717, 1.165) is 47.3 Å². The van der Waals surface area contributed by atoms with Crippen molar-refractivity contribution >= 4 is 0 Å². The maximum atomic E-state index is 2.43. The first-order valence-electron chi connectivity index (χ1n) is 11.3. The molecule has 4 unspecified atom stereocenters. The topological polar surface area (TPSA) is 0 Å². The molecule has 0 heterocycles. The second-order valence-corrected chi connectivity index (χ2v) is 9.82. The van der Waals surface area contributed by atoms with Gasteiger partial charge in [0.1, 0.15) is 0 Å². The first kappa shape index (κ1) is 16.5. The van der Waals surface area contributed by atoms with Gasteiger partial charge in [-0.1, -0.05) is 39.5 Å². The third-order valence-electron chi connectivity index (χ3n) is 8.94. The van der Waals surface area contributed by atoms with Crippen LogP contribution in [0.15, 0.2) is 0 Å². The Balaban J connectivity index is 1.50. The van der Waals surface area contributed by atoms with Gasteiger partial charge >= 0.3 is 0 Å². The fourth-order valence-corrected chi connectivity index (χ4v) is 8.02. The van der Waals surface area contributed by atoms with E-state index in [1.54, 1.807) is 70.6 Å². The summed E-state index contributed by atoms with van der Waals surface area (Å²) in [5.41, 5.74) is 0. The second kappa shape index (κ2) is 7.09. The van der Waals surface area contributed by atoms with Crippen molar-refractivity contribution < 1.29 is 0 Å². The molecule has 23 heavy (non-hydrogen) atoms. The minimum atomic E-state index is 1.12. The molecule has 0 radical (unpaired) electrons. The largest absolute Gasteiger partial charge is 0.0654 e. The summed E-state index contributed by atoms with van der Waals surface area (Å²) in [4.78, 5) is 0. The lowest BCUT2D eigenvalue weighted by Crippen LogP contribution is -2.45. The van der Waals surface area contributed by atoms with E-state index in [1.165, 1.54) is 12.8 Å². The van der Waals surface area contributed by atoms with Crippen molar-refractivity contribution in [1.82, 2.24) is 0 Å². The van der Waals surface area contributed by atoms with Gasteiger partial charge in [0.15, 0.2) is 0 Å². The second-order valence-electron chi connectivity index (χ2n) is 9.82. The Bertz CT molecular complexity index is 333. The first-order valence-corrected chi connectivity index (χ1v) is 11.3. The van der Waals surface area contributed by atoms with Gasteiger partial charge in [-0.15, -0.1) is 0 Å². The monoisotopic (exact) mass is 316 g/mol. The van der Waals surface area contributed by atoms with Crippen molar-refractivity contribution in [2.45, 2.75) is 97.3 Å². The fourth-order valence-electron chi connectivity index (χ4n) is 8.02. The molecule has 0 aromatic heterocycles. The van der Waals surface area contributed by atoms with E-state index < -0.39 is 0 Å². The van der Waals surface area contributed by atoms with Crippen molar-refractivity contribution in [2.24, 2.45) is 47.3 Å². The lowest BCUT2D eigenvalue weighted by Gasteiger charge is -2.54. The lowest BCUT2D eigenvalue weighted by molar-refractivity contribution is -0.0464. The smallest absolute Gasteiger partial charge is 0.0352 e. The predicted molar refractivity (Wildman–Crippen MR) is 99.3 cm³/mol. The van der Waals surface area contributed by atoms with E-state index in [-0.39, 0.29) is 0 Å². The minimum absolute atomic E-state index is 1.12. The highest BCUT2D eigenvalue weighted by Crippen LogP contribution is 2.57. The number of fused-ring (bicyclic) bond motifs is 6. The van der Waals surface area contributed by atoms with Gasteiger partial charge in [0.25, 0.3) is 0 Å². The molecule has 4 atom stereocenters. The summed E-state index contributed by atoms with van der Waals surface area (Å²) < 4.78 is 0. The lowest BCUT2D eigenvalue weighted by atomic mass is 9.51. The van der Waals surface area contributed by atoms with Crippen LogP contribution in [0.1, 0.15) is 97.3 Å². The maximum Gasteiger partial charge on any atom is -0.0352 e. The molecule has 6 aliphatic carbocycles. The molecule has 0 aliphatic heterocycles. The van der Waals surface area contributed by atoms with E-state index in [1.807, 2.05) is 0 Å². The van der Waals surface area contributed by atoms with E-state index in [2.05, 4.69) is 13.8 Å². The zero-order valence-electron chi connectivity index (χ0n) is 15.8. The van der Waals surface area contributed by atoms with Crippen LogP contribution in [-0.4, -0.2) is 0 Å². The Morgan fingerprint density at radius 1 is 0.478 bits per heavy atom. The van der Waals surface area contributed by atoms with Crippen LogP contribution in [0.5, 0.6) is 0 Å². The third-order valence-corrected chi connectivity index (χ3v) is 8.94. The summed E-state index contributed by atoms with van der Waals surface area (Å²) in [6.07, 6.45) is 20.3. The van der Waals surface area contributed by atoms with Crippen LogP contribution < -0.4 is 0 Å². The average molecular weight is 317 g/mol. The Labute approximate surface area is 145 Å². The molecular formula is C23H40. The van der Waals surface area contributed by atoms with Gasteiger partial charge in [-0.25, -0.2) is 0 Å². The van der Waals surface area contributed by atoms with E-state index in [9.17, 15) is 0 Å². The van der Waals surface area contributed by atoms with Gasteiger partial charge in [-0.05, 0) is 105 Å². The molecule has 0 saturated heterocycles. The van der Waals surface area contributed by atoms with Crippen LogP contribution in [0.25, 0.3) is 0 Å². The van der Waals surface area contributed by atoms with Gasteiger partial charge < -0.3 is 0 Å². The standard InChI is InChI=1S/C23H40/c1-3-5-20-16-7-11-18(12-8-16)22(20)15-23-19-13-9-17(10-14-19)21(23)6-4-2/h16-23H,3-15H2,1-2H3. The van der Waals surface area contributed by atoms with Crippen LogP contribution >= 0.6 is 0 Å². The third kappa shape index (κ3) is 3.02. The Kier molecular flexibility index (Phi) is 5.07. The zero-order chi connectivity index (χ0) is 15.8. The molecule has 4 bridgehead atoms. The Morgan fingerprint density at radius 2 is 0.783 bits per heavy atom. The van der Waals surface area contributed by atoms with Crippen LogP contribution in [0.4, 0.5) is 0 Å². The molecule has 6 saturated carbocycles. The van der Waals surface area contributed by atoms with Crippen molar-refractivity contribution in [3.05, 3.63) is 0 Å². The molecule has 0 N–H and O–H groups in total. The molecule has 0 spiro atoms. The van der Waals surface area contributed by atoms with Gasteiger partial charge in [0, 0.05) is 0 Å². The molecule has 0 aromatic rings. The highest BCUT2D eigenvalue weighted by Gasteiger charge is 2.48. The maximum absolute atomic E-state index is 2.43. The quantitative estimate of drug-likeness (QED) is 0.491. The fraction of sp³-hybridized carbons (Fsp3) is 1.00. The summed E-state index contributed by atoms with van der Waals surface area (Å²) in [7, 11) is 0. The van der Waals surface area contributed by atoms with Gasteiger partial charge in [0.2, 0.25) is 0 Å². The van der Waals surface area contributed by atoms with Gasteiger partial charge in [-0.2, -0.15) is 0 Å². The normalized spacial score (nSPS) is 48.8. The van der Waals surface area contributed by atoms with E-state index in [4.69, 9.17) is 0 Å². The van der Waals surface area contributed by atoms with Crippen molar-refractivity contribution in [2.75, 3.05) is 0 Å². The SMILES string of the molecule is CCCC1C2CCC(CC2)C1CC1C2CCC(CC2)C1CCC. The van der Waals surface area contributed by atoms with Gasteiger partial charge in [-0.3, -0.25) is 0 Å². The van der Waals surface area contributed by atoms with Crippen molar-refractivity contribution in [3.8, 4) is 0 Å². The molecule has 6 fully saturated rings. The minimum Gasteiger partial charge on any atom is -0.0654 e. The molecule has 6 aliphatic rings. The molecule has 0 nitrogen and oxygen atoms in total. The molecular weight excluding hydrogens is 276 g/mol. The van der Waals surface area contributed by atoms with E-state index >= 15 is 0 Å².